The number of aliphatic imine (C=N–C) groups is 1. The lowest BCUT2D eigenvalue weighted by atomic mass is 9.91. The van der Waals surface area contributed by atoms with Gasteiger partial charge in [-0.2, -0.15) is 4.99 Å². The Morgan fingerprint density at radius 1 is 1.41 bits per heavy atom. The highest BCUT2D eigenvalue weighted by Gasteiger charge is 2.46. The van der Waals surface area contributed by atoms with Gasteiger partial charge in [-0.05, 0) is 37.8 Å². The Kier molecular flexibility index (Phi) is 2.90. The zero-order valence-electron chi connectivity index (χ0n) is 10.2. The summed E-state index contributed by atoms with van der Waals surface area (Å²) in [5.41, 5.74) is 1.02. The second-order valence-corrected chi connectivity index (χ2v) is 5.38. The predicted octanol–water partition coefficient (Wildman–Crippen LogP) is 2.32. The molecule has 17 heavy (non-hydrogen) atoms. The lowest BCUT2D eigenvalue weighted by Gasteiger charge is -2.21. The molecule has 1 saturated carbocycles. The van der Waals surface area contributed by atoms with Crippen LogP contribution < -0.4 is 0 Å². The van der Waals surface area contributed by atoms with Crippen LogP contribution in [-0.4, -0.2) is 16.8 Å². The summed E-state index contributed by atoms with van der Waals surface area (Å²) < 4.78 is 0. The van der Waals surface area contributed by atoms with Crippen LogP contribution in [0.4, 0.5) is 0 Å². The minimum Gasteiger partial charge on any atom is -0.390 e. The van der Waals surface area contributed by atoms with Crippen molar-refractivity contribution in [3.05, 3.63) is 35.4 Å². The fourth-order valence-electron chi connectivity index (χ4n) is 2.24. The molecule has 1 aromatic carbocycles. The summed E-state index contributed by atoms with van der Waals surface area (Å²) in [4.78, 5) is 14.4. The molecule has 3 nitrogen and oxygen atoms in total. The average molecular weight is 231 g/mol. The van der Waals surface area contributed by atoms with E-state index in [1.54, 1.807) is 19.9 Å². The summed E-state index contributed by atoms with van der Waals surface area (Å²) in [5, 5.41) is 9.90. The summed E-state index contributed by atoms with van der Waals surface area (Å²) in [7, 11) is 0. The van der Waals surface area contributed by atoms with Gasteiger partial charge in [0.15, 0.2) is 0 Å². The van der Waals surface area contributed by atoms with E-state index in [0.717, 1.165) is 24.0 Å². The van der Waals surface area contributed by atoms with E-state index < -0.39 is 5.60 Å². The standard InChI is InChI=1S/C14H17NO2/c1-13(2,17)9-11-5-3-4-6-12(11)14(7-8-14)15-10-16/h3-6,17H,7-9H2,1-2H3. The number of hydrogen-bond acceptors (Lipinski definition) is 3. The highest BCUT2D eigenvalue weighted by Crippen LogP contribution is 2.50. The summed E-state index contributed by atoms with van der Waals surface area (Å²) in [6.07, 6.45) is 4.03. The molecule has 3 heteroatoms. The van der Waals surface area contributed by atoms with Crippen molar-refractivity contribution in [2.24, 2.45) is 4.99 Å². The van der Waals surface area contributed by atoms with E-state index in [-0.39, 0.29) is 5.54 Å². The van der Waals surface area contributed by atoms with Gasteiger partial charge in [0, 0.05) is 6.42 Å². The number of benzene rings is 1. The molecule has 0 spiro atoms. The van der Waals surface area contributed by atoms with Crippen molar-refractivity contribution in [1.82, 2.24) is 0 Å². The second kappa shape index (κ2) is 4.10. The smallest absolute Gasteiger partial charge is 0.235 e. The third-order valence-electron chi connectivity index (χ3n) is 3.13. The quantitative estimate of drug-likeness (QED) is 0.638. The van der Waals surface area contributed by atoms with Crippen LogP contribution in [0, 0.1) is 0 Å². The summed E-state index contributed by atoms with van der Waals surface area (Å²) in [5.74, 6) is 0. The largest absolute Gasteiger partial charge is 0.390 e. The molecule has 1 aliphatic carbocycles. The molecule has 0 atom stereocenters. The van der Waals surface area contributed by atoms with Gasteiger partial charge in [-0.15, -0.1) is 0 Å². The third-order valence-corrected chi connectivity index (χ3v) is 3.13. The monoisotopic (exact) mass is 231 g/mol. The fraction of sp³-hybridized carbons (Fsp3) is 0.500. The zero-order chi connectivity index (χ0) is 12.5. The first kappa shape index (κ1) is 12.0. The van der Waals surface area contributed by atoms with E-state index in [9.17, 15) is 9.90 Å². The molecule has 2 rings (SSSR count). The summed E-state index contributed by atoms with van der Waals surface area (Å²) in [6.45, 7) is 3.57. The normalized spacial score (nSPS) is 17.4. The van der Waals surface area contributed by atoms with E-state index in [1.807, 2.05) is 24.3 Å². The molecular formula is C14H17NO2. The van der Waals surface area contributed by atoms with Crippen molar-refractivity contribution in [2.75, 3.05) is 0 Å². The Morgan fingerprint density at radius 3 is 2.59 bits per heavy atom. The predicted molar refractivity (Wildman–Crippen MR) is 65.5 cm³/mol. The van der Waals surface area contributed by atoms with Crippen LogP contribution in [0.1, 0.15) is 37.8 Å². The Balaban J connectivity index is 2.38. The van der Waals surface area contributed by atoms with E-state index in [2.05, 4.69) is 4.99 Å². The molecule has 0 radical (unpaired) electrons. The highest BCUT2D eigenvalue weighted by molar-refractivity contribution is 5.44. The maximum absolute atomic E-state index is 10.5. The van der Waals surface area contributed by atoms with Gasteiger partial charge in [-0.3, -0.25) is 0 Å². The van der Waals surface area contributed by atoms with Crippen LogP contribution in [0.5, 0.6) is 0 Å². The van der Waals surface area contributed by atoms with Crippen molar-refractivity contribution in [2.45, 2.75) is 44.2 Å². The van der Waals surface area contributed by atoms with Crippen molar-refractivity contribution < 1.29 is 9.90 Å². The highest BCUT2D eigenvalue weighted by atomic mass is 16.3. The molecule has 0 aromatic heterocycles. The zero-order valence-corrected chi connectivity index (χ0v) is 10.2. The van der Waals surface area contributed by atoms with Crippen molar-refractivity contribution in [3.8, 4) is 0 Å². The molecule has 1 aliphatic rings. The van der Waals surface area contributed by atoms with E-state index in [4.69, 9.17) is 0 Å². The number of carbonyl (C=O) groups excluding carboxylic acids is 1. The van der Waals surface area contributed by atoms with Gasteiger partial charge in [-0.1, -0.05) is 24.3 Å². The fourth-order valence-corrected chi connectivity index (χ4v) is 2.24. The molecular weight excluding hydrogens is 214 g/mol. The summed E-state index contributed by atoms with van der Waals surface area (Å²) in [6, 6.07) is 7.89. The minimum atomic E-state index is -0.753. The number of nitrogens with zero attached hydrogens (tertiary/aromatic N) is 1. The van der Waals surface area contributed by atoms with Crippen LogP contribution in [0.25, 0.3) is 0 Å². The van der Waals surface area contributed by atoms with Crippen LogP contribution in [0.2, 0.25) is 0 Å². The van der Waals surface area contributed by atoms with Gasteiger partial charge < -0.3 is 5.11 Å². The van der Waals surface area contributed by atoms with Gasteiger partial charge in [0.1, 0.15) is 0 Å². The first-order chi connectivity index (χ1) is 7.97. The van der Waals surface area contributed by atoms with Crippen molar-refractivity contribution >= 4 is 6.08 Å². The van der Waals surface area contributed by atoms with E-state index >= 15 is 0 Å². The van der Waals surface area contributed by atoms with Crippen LogP contribution in [0.3, 0.4) is 0 Å². The molecule has 0 saturated heterocycles. The van der Waals surface area contributed by atoms with E-state index in [1.165, 1.54) is 0 Å². The number of isocyanates is 1. The Morgan fingerprint density at radius 2 is 2.06 bits per heavy atom. The maximum atomic E-state index is 10.5. The molecule has 90 valence electrons. The van der Waals surface area contributed by atoms with Crippen LogP contribution in [-0.2, 0) is 16.8 Å². The summed E-state index contributed by atoms with van der Waals surface area (Å²) >= 11 is 0. The lowest BCUT2D eigenvalue weighted by molar-refractivity contribution is 0.0806. The topological polar surface area (TPSA) is 49.7 Å². The number of rotatable bonds is 4. The van der Waals surface area contributed by atoms with Gasteiger partial charge in [0.2, 0.25) is 6.08 Å². The van der Waals surface area contributed by atoms with Crippen LogP contribution >= 0.6 is 0 Å². The Labute approximate surface area is 101 Å². The van der Waals surface area contributed by atoms with Crippen LogP contribution in [0.15, 0.2) is 29.3 Å². The molecule has 0 heterocycles. The third kappa shape index (κ3) is 2.63. The maximum Gasteiger partial charge on any atom is 0.235 e. The molecule has 0 amide bonds. The molecule has 0 unspecified atom stereocenters. The number of aliphatic hydroxyl groups is 1. The SMILES string of the molecule is CC(C)(O)Cc1ccccc1C1(N=C=O)CC1. The van der Waals surface area contributed by atoms with E-state index in [0.29, 0.717) is 6.42 Å². The lowest BCUT2D eigenvalue weighted by Crippen LogP contribution is -2.23. The molecule has 0 aliphatic heterocycles. The molecule has 0 bridgehead atoms. The first-order valence-corrected chi connectivity index (χ1v) is 5.87. The molecule has 1 fully saturated rings. The van der Waals surface area contributed by atoms with Crippen molar-refractivity contribution in [3.63, 3.8) is 0 Å². The molecule has 1 aromatic rings. The number of hydrogen-bond donors (Lipinski definition) is 1. The Hall–Kier alpha value is -1.44. The Bertz CT molecular complexity index is 463. The van der Waals surface area contributed by atoms with Gasteiger partial charge in [-0.25, -0.2) is 4.79 Å². The first-order valence-electron chi connectivity index (χ1n) is 5.87. The average Bonchev–Trinajstić information content (AvgIpc) is 2.98. The van der Waals surface area contributed by atoms with Gasteiger partial charge in [0.25, 0.3) is 0 Å². The van der Waals surface area contributed by atoms with Crippen molar-refractivity contribution in [1.29, 1.82) is 0 Å². The minimum absolute atomic E-state index is 0.358. The van der Waals surface area contributed by atoms with Gasteiger partial charge >= 0.3 is 0 Å². The second-order valence-electron chi connectivity index (χ2n) is 5.38. The molecule has 1 N–H and O–H groups in total. The van der Waals surface area contributed by atoms with Gasteiger partial charge in [0.05, 0.1) is 11.1 Å².